The van der Waals surface area contributed by atoms with E-state index in [-0.39, 0.29) is 6.04 Å². The Morgan fingerprint density at radius 3 is 2.94 bits per heavy atom. The Labute approximate surface area is 103 Å². The van der Waals surface area contributed by atoms with Gasteiger partial charge in [-0.3, -0.25) is 4.68 Å². The van der Waals surface area contributed by atoms with Crippen LogP contribution >= 0.6 is 15.9 Å². The van der Waals surface area contributed by atoms with Gasteiger partial charge in [-0.15, -0.1) is 0 Å². The summed E-state index contributed by atoms with van der Waals surface area (Å²) in [5.74, 6) is 0. The quantitative estimate of drug-likeness (QED) is 0.867. The van der Waals surface area contributed by atoms with Crippen molar-refractivity contribution >= 4 is 15.9 Å². The molecule has 0 aliphatic carbocycles. The summed E-state index contributed by atoms with van der Waals surface area (Å²) in [4.78, 5) is 0. The molecule has 3 nitrogen and oxygen atoms in total. The molecule has 1 unspecified atom stereocenters. The van der Waals surface area contributed by atoms with E-state index in [0.717, 1.165) is 17.7 Å². The zero-order valence-corrected chi connectivity index (χ0v) is 10.3. The molecule has 2 heterocycles. The van der Waals surface area contributed by atoms with Gasteiger partial charge < -0.3 is 5.32 Å². The lowest BCUT2D eigenvalue weighted by Gasteiger charge is -2.25. The van der Waals surface area contributed by atoms with Crippen molar-refractivity contribution in [1.29, 1.82) is 0 Å². The second kappa shape index (κ2) is 4.03. The number of fused-ring (bicyclic) bond motifs is 1. The van der Waals surface area contributed by atoms with Gasteiger partial charge in [0.05, 0.1) is 18.3 Å². The molecule has 0 radical (unpaired) electrons. The van der Waals surface area contributed by atoms with Crippen molar-refractivity contribution in [2.24, 2.45) is 0 Å². The van der Waals surface area contributed by atoms with Gasteiger partial charge in [0.1, 0.15) is 4.60 Å². The number of hydrogen-bond donors (Lipinski definition) is 1. The van der Waals surface area contributed by atoms with E-state index in [2.05, 4.69) is 61.4 Å². The Hall–Kier alpha value is -1.13. The van der Waals surface area contributed by atoms with Crippen LogP contribution in [0.25, 0.3) is 0 Å². The third-order valence-corrected chi connectivity index (χ3v) is 3.27. The summed E-state index contributed by atoms with van der Waals surface area (Å²) >= 11 is 3.43. The number of hydrogen-bond acceptors (Lipinski definition) is 2. The first-order valence-corrected chi connectivity index (χ1v) is 6.15. The van der Waals surface area contributed by atoms with E-state index in [1.165, 1.54) is 11.3 Å². The minimum Gasteiger partial charge on any atom is -0.303 e. The molecule has 2 aromatic rings. The highest BCUT2D eigenvalue weighted by Crippen LogP contribution is 2.26. The van der Waals surface area contributed by atoms with Crippen LogP contribution in [0, 0.1) is 0 Å². The smallest absolute Gasteiger partial charge is 0.128 e. The van der Waals surface area contributed by atoms with Crippen molar-refractivity contribution < 1.29 is 0 Å². The fourth-order valence-electron chi connectivity index (χ4n) is 2.16. The maximum absolute atomic E-state index is 4.42. The number of halogens is 1. The normalized spacial score (nSPS) is 19.4. The van der Waals surface area contributed by atoms with Gasteiger partial charge in [0.25, 0.3) is 0 Å². The molecule has 1 aliphatic heterocycles. The Morgan fingerprint density at radius 1 is 1.31 bits per heavy atom. The Balaban J connectivity index is 2.05. The molecule has 82 valence electrons. The zero-order valence-electron chi connectivity index (χ0n) is 8.73. The monoisotopic (exact) mass is 277 g/mol. The average molecular weight is 278 g/mol. The second-order valence-electron chi connectivity index (χ2n) is 3.91. The van der Waals surface area contributed by atoms with Gasteiger partial charge in [-0.05, 0) is 27.6 Å². The summed E-state index contributed by atoms with van der Waals surface area (Å²) in [7, 11) is 0. The van der Waals surface area contributed by atoms with Gasteiger partial charge in [0.2, 0.25) is 0 Å². The standard InChI is InChI=1S/C12H12BrN3/c13-11-8-10-12(9-4-2-1-3-5-9)14-6-7-16(10)15-11/h1-5,8,12,14H,6-7H2. The average Bonchev–Trinajstić information content (AvgIpc) is 2.70. The number of aromatic nitrogens is 2. The first-order chi connectivity index (χ1) is 7.84. The molecule has 0 saturated heterocycles. The van der Waals surface area contributed by atoms with Crippen molar-refractivity contribution in [2.45, 2.75) is 12.6 Å². The molecule has 1 aromatic heterocycles. The number of nitrogens with one attached hydrogen (secondary N) is 1. The van der Waals surface area contributed by atoms with Gasteiger partial charge in [-0.25, -0.2) is 0 Å². The molecule has 0 amide bonds. The molecule has 3 rings (SSSR count). The van der Waals surface area contributed by atoms with Crippen molar-refractivity contribution in [3.63, 3.8) is 0 Å². The second-order valence-corrected chi connectivity index (χ2v) is 4.73. The minimum atomic E-state index is 0.258. The third kappa shape index (κ3) is 1.68. The van der Waals surface area contributed by atoms with E-state index in [1.807, 2.05) is 6.07 Å². The third-order valence-electron chi connectivity index (χ3n) is 2.88. The summed E-state index contributed by atoms with van der Waals surface area (Å²) < 4.78 is 2.98. The fourth-order valence-corrected chi connectivity index (χ4v) is 2.59. The molecule has 4 heteroatoms. The van der Waals surface area contributed by atoms with E-state index in [9.17, 15) is 0 Å². The van der Waals surface area contributed by atoms with Gasteiger partial charge in [0.15, 0.2) is 0 Å². The van der Waals surface area contributed by atoms with Crippen LogP contribution in [0.3, 0.4) is 0 Å². The molecular weight excluding hydrogens is 266 g/mol. The summed E-state index contributed by atoms with van der Waals surface area (Å²) in [6.45, 7) is 1.89. The highest BCUT2D eigenvalue weighted by Gasteiger charge is 2.22. The van der Waals surface area contributed by atoms with Crippen LogP contribution in [-0.2, 0) is 6.54 Å². The zero-order chi connectivity index (χ0) is 11.0. The van der Waals surface area contributed by atoms with Crippen LogP contribution in [0.4, 0.5) is 0 Å². The van der Waals surface area contributed by atoms with Crippen molar-refractivity contribution in [3.05, 3.63) is 52.3 Å². The van der Waals surface area contributed by atoms with Gasteiger partial charge in [-0.2, -0.15) is 5.10 Å². The Bertz CT molecular complexity index is 492. The Morgan fingerprint density at radius 2 is 2.12 bits per heavy atom. The molecule has 0 bridgehead atoms. The van der Waals surface area contributed by atoms with Crippen LogP contribution in [0.15, 0.2) is 41.0 Å². The molecule has 1 N–H and O–H groups in total. The summed E-state index contributed by atoms with van der Waals surface area (Å²) in [5.41, 5.74) is 2.51. The Kier molecular flexibility index (Phi) is 2.53. The lowest BCUT2D eigenvalue weighted by Crippen LogP contribution is -2.34. The fraction of sp³-hybridized carbons (Fsp3) is 0.250. The topological polar surface area (TPSA) is 29.9 Å². The first kappa shape index (κ1) is 10.1. The van der Waals surface area contributed by atoms with Gasteiger partial charge >= 0.3 is 0 Å². The van der Waals surface area contributed by atoms with Crippen LogP contribution in [-0.4, -0.2) is 16.3 Å². The van der Waals surface area contributed by atoms with E-state index in [4.69, 9.17) is 0 Å². The van der Waals surface area contributed by atoms with Crippen LogP contribution < -0.4 is 5.32 Å². The maximum atomic E-state index is 4.42. The van der Waals surface area contributed by atoms with E-state index in [0.29, 0.717) is 0 Å². The predicted octanol–water partition coefficient (Wildman–Crippen LogP) is 2.34. The van der Waals surface area contributed by atoms with Crippen molar-refractivity contribution in [3.8, 4) is 0 Å². The predicted molar refractivity (Wildman–Crippen MR) is 66.2 cm³/mol. The maximum Gasteiger partial charge on any atom is 0.128 e. The van der Waals surface area contributed by atoms with Crippen molar-refractivity contribution in [1.82, 2.24) is 15.1 Å². The minimum absolute atomic E-state index is 0.258. The largest absolute Gasteiger partial charge is 0.303 e. The molecule has 0 saturated carbocycles. The number of rotatable bonds is 1. The SMILES string of the molecule is Brc1cc2n(n1)CCNC2c1ccccc1. The van der Waals surface area contributed by atoms with Gasteiger partial charge in [-0.1, -0.05) is 30.3 Å². The number of benzene rings is 1. The molecule has 16 heavy (non-hydrogen) atoms. The van der Waals surface area contributed by atoms with E-state index in [1.54, 1.807) is 0 Å². The number of nitrogens with zero attached hydrogens (tertiary/aromatic N) is 2. The van der Waals surface area contributed by atoms with Crippen molar-refractivity contribution in [2.75, 3.05) is 6.54 Å². The van der Waals surface area contributed by atoms with Crippen LogP contribution in [0.1, 0.15) is 17.3 Å². The molecule has 0 spiro atoms. The first-order valence-electron chi connectivity index (χ1n) is 5.36. The van der Waals surface area contributed by atoms with Crippen LogP contribution in [0.2, 0.25) is 0 Å². The lowest BCUT2D eigenvalue weighted by molar-refractivity contribution is 0.434. The molecule has 0 fully saturated rings. The lowest BCUT2D eigenvalue weighted by atomic mass is 10.0. The van der Waals surface area contributed by atoms with Gasteiger partial charge in [0, 0.05) is 6.54 Å². The van der Waals surface area contributed by atoms with Crippen LogP contribution in [0.5, 0.6) is 0 Å². The summed E-state index contributed by atoms with van der Waals surface area (Å²) in [6.07, 6.45) is 0. The van der Waals surface area contributed by atoms with E-state index >= 15 is 0 Å². The molecular formula is C12H12BrN3. The highest BCUT2D eigenvalue weighted by atomic mass is 79.9. The molecule has 1 aromatic carbocycles. The summed E-state index contributed by atoms with van der Waals surface area (Å²) in [6, 6.07) is 12.8. The highest BCUT2D eigenvalue weighted by molar-refractivity contribution is 9.10. The van der Waals surface area contributed by atoms with E-state index < -0.39 is 0 Å². The summed E-state index contributed by atoms with van der Waals surface area (Å²) in [5, 5.41) is 7.94. The molecule has 1 atom stereocenters. The molecule has 1 aliphatic rings.